The van der Waals surface area contributed by atoms with Gasteiger partial charge in [0.15, 0.2) is 0 Å². The molecule has 0 aromatic carbocycles. The largest absolute Gasteiger partial charge is 0.460 e. The van der Waals surface area contributed by atoms with Crippen LogP contribution in [0.5, 0.6) is 0 Å². The highest BCUT2D eigenvalue weighted by Crippen LogP contribution is 1.89. The Balaban J connectivity index is -0.000000845. The van der Waals surface area contributed by atoms with E-state index in [2.05, 4.69) is 9.47 Å². The monoisotopic (exact) mass is 238 g/mol. The van der Waals surface area contributed by atoms with E-state index in [1.54, 1.807) is 0 Å². The first-order chi connectivity index (χ1) is 6.45. The highest BCUT2D eigenvalue weighted by Gasteiger charge is 2.12. The minimum atomic E-state index is -1.19. The predicted octanol–water partition coefficient (Wildman–Crippen LogP) is 0.107. The van der Waals surface area contributed by atoms with Crippen LogP contribution in [0.25, 0.3) is 0 Å². The molecule has 0 radical (unpaired) electrons. The zero-order valence-corrected chi connectivity index (χ0v) is 8.10. The maximum Gasteiger partial charge on any atom is 0.334 e. The van der Waals surface area contributed by atoms with Gasteiger partial charge in [-0.3, -0.25) is 0 Å². The van der Waals surface area contributed by atoms with Crippen LogP contribution >= 0.6 is 0 Å². The second-order valence-electron chi connectivity index (χ2n) is 2.69. The van der Waals surface area contributed by atoms with Gasteiger partial charge in [0.05, 0.1) is 0 Å². The fourth-order valence-electron chi connectivity index (χ4n) is 0.526. The molecule has 0 aliphatic rings. The number of aliphatic hydroxyl groups excluding tert-OH is 2. The number of carbonyl (C=O) groups is 2. The average Bonchev–Trinajstić information content (AvgIpc) is 2.11. The standard InChI is InChI=1S/C8H14O6.2CH4/c1-5(9)7(11)13-3-4-14-8(12)6(2)10;;/h5-6,9-10H,3-4H2,1-2H3;2*1H4. The van der Waals surface area contributed by atoms with Gasteiger partial charge in [-0.2, -0.15) is 0 Å². The SMILES string of the molecule is C.C.CC(O)C(=O)OCCOC(=O)C(C)O. The molecule has 2 N–H and O–H groups in total. The molecule has 0 heterocycles. The molecule has 16 heavy (non-hydrogen) atoms. The fourth-order valence-corrected chi connectivity index (χ4v) is 0.526. The molecular formula is C10H22O6. The molecule has 0 aromatic heterocycles. The van der Waals surface area contributed by atoms with Gasteiger partial charge in [-0.15, -0.1) is 0 Å². The smallest absolute Gasteiger partial charge is 0.334 e. The molecule has 0 saturated carbocycles. The third-order valence-corrected chi connectivity index (χ3v) is 1.25. The molecule has 2 unspecified atom stereocenters. The highest BCUT2D eigenvalue weighted by atomic mass is 16.6. The number of hydrogen-bond acceptors (Lipinski definition) is 6. The molecular weight excluding hydrogens is 216 g/mol. The number of carbonyl (C=O) groups excluding carboxylic acids is 2. The molecule has 98 valence electrons. The van der Waals surface area contributed by atoms with Crippen molar-refractivity contribution in [3.05, 3.63) is 0 Å². The lowest BCUT2D eigenvalue weighted by atomic mass is 10.4. The fraction of sp³-hybridized carbons (Fsp3) is 0.800. The van der Waals surface area contributed by atoms with Gasteiger partial charge in [-0.05, 0) is 13.8 Å². The molecule has 0 aliphatic heterocycles. The molecule has 0 bridgehead atoms. The Kier molecular flexibility index (Phi) is 13.2. The van der Waals surface area contributed by atoms with Crippen molar-refractivity contribution in [3.63, 3.8) is 0 Å². The van der Waals surface area contributed by atoms with E-state index in [4.69, 9.17) is 10.2 Å². The van der Waals surface area contributed by atoms with Gasteiger partial charge in [-0.25, -0.2) is 9.59 Å². The quantitative estimate of drug-likeness (QED) is 0.521. The van der Waals surface area contributed by atoms with Crippen LogP contribution in [0.15, 0.2) is 0 Å². The lowest BCUT2D eigenvalue weighted by Gasteiger charge is -2.08. The highest BCUT2D eigenvalue weighted by molar-refractivity contribution is 5.74. The van der Waals surface area contributed by atoms with Crippen LogP contribution in [0.2, 0.25) is 0 Å². The summed E-state index contributed by atoms with van der Waals surface area (Å²) in [7, 11) is 0. The summed E-state index contributed by atoms with van der Waals surface area (Å²) in [6.45, 7) is 2.26. The van der Waals surface area contributed by atoms with E-state index < -0.39 is 24.1 Å². The van der Waals surface area contributed by atoms with Gasteiger partial charge >= 0.3 is 11.9 Å². The van der Waals surface area contributed by atoms with E-state index in [-0.39, 0.29) is 28.1 Å². The average molecular weight is 238 g/mol. The Labute approximate surface area is 96.2 Å². The molecule has 2 atom stereocenters. The molecule has 0 aliphatic carbocycles. The normalized spacial score (nSPS) is 12.5. The van der Waals surface area contributed by atoms with E-state index in [0.717, 1.165) is 0 Å². The van der Waals surface area contributed by atoms with Crippen molar-refractivity contribution in [2.24, 2.45) is 0 Å². The van der Waals surface area contributed by atoms with Crippen LogP contribution in [0.1, 0.15) is 28.7 Å². The van der Waals surface area contributed by atoms with Crippen molar-refractivity contribution < 1.29 is 29.3 Å². The predicted molar refractivity (Wildman–Crippen MR) is 58.7 cm³/mol. The van der Waals surface area contributed by atoms with Crippen LogP contribution in [0.3, 0.4) is 0 Å². The lowest BCUT2D eigenvalue weighted by molar-refractivity contribution is -0.161. The summed E-state index contributed by atoms with van der Waals surface area (Å²) in [5, 5.41) is 17.4. The van der Waals surface area contributed by atoms with Gasteiger partial charge < -0.3 is 19.7 Å². The van der Waals surface area contributed by atoms with E-state index in [1.807, 2.05) is 0 Å². The molecule has 0 rings (SSSR count). The Hall–Kier alpha value is -1.14. The Morgan fingerprint density at radius 2 is 1.19 bits per heavy atom. The van der Waals surface area contributed by atoms with Crippen molar-refractivity contribution in [1.82, 2.24) is 0 Å². The van der Waals surface area contributed by atoms with Gasteiger partial charge in [0.1, 0.15) is 25.4 Å². The lowest BCUT2D eigenvalue weighted by Crippen LogP contribution is -2.24. The molecule has 0 amide bonds. The van der Waals surface area contributed by atoms with Crippen molar-refractivity contribution in [2.75, 3.05) is 13.2 Å². The molecule has 0 fully saturated rings. The maximum absolute atomic E-state index is 10.7. The Morgan fingerprint density at radius 1 is 0.938 bits per heavy atom. The summed E-state index contributed by atoms with van der Waals surface area (Å²) in [6.07, 6.45) is -2.38. The zero-order chi connectivity index (χ0) is 11.1. The number of rotatable bonds is 5. The second-order valence-corrected chi connectivity index (χ2v) is 2.69. The van der Waals surface area contributed by atoms with Crippen LogP contribution in [-0.2, 0) is 19.1 Å². The number of hydrogen-bond donors (Lipinski definition) is 2. The Morgan fingerprint density at radius 3 is 1.38 bits per heavy atom. The van der Waals surface area contributed by atoms with Crippen LogP contribution < -0.4 is 0 Å². The summed E-state index contributed by atoms with van der Waals surface area (Å²) in [6, 6.07) is 0. The molecule has 0 saturated heterocycles. The van der Waals surface area contributed by atoms with E-state index in [1.165, 1.54) is 13.8 Å². The second kappa shape index (κ2) is 10.4. The summed E-state index contributed by atoms with van der Waals surface area (Å²) < 4.78 is 8.97. The van der Waals surface area contributed by atoms with Gasteiger partial charge in [0.25, 0.3) is 0 Å². The van der Waals surface area contributed by atoms with Gasteiger partial charge in [-0.1, -0.05) is 14.9 Å². The van der Waals surface area contributed by atoms with E-state index in [0.29, 0.717) is 0 Å². The van der Waals surface area contributed by atoms with Crippen molar-refractivity contribution in [2.45, 2.75) is 40.9 Å². The van der Waals surface area contributed by atoms with Crippen LogP contribution in [0, 0.1) is 0 Å². The van der Waals surface area contributed by atoms with Crippen molar-refractivity contribution in [3.8, 4) is 0 Å². The first-order valence-electron chi connectivity index (χ1n) is 4.14. The molecule has 0 spiro atoms. The van der Waals surface area contributed by atoms with E-state index in [9.17, 15) is 9.59 Å². The number of aliphatic hydroxyl groups is 2. The summed E-state index contributed by atoms with van der Waals surface area (Å²) in [4.78, 5) is 21.3. The third-order valence-electron chi connectivity index (χ3n) is 1.25. The van der Waals surface area contributed by atoms with Gasteiger partial charge in [0.2, 0.25) is 0 Å². The Bertz CT molecular complexity index is 177. The summed E-state index contributed by atoms with van der Waals surface area (Å²) in [5.41, 5.74) is 0. The summed E-state index contributed by atoms with van der Waals surface area (Å²) >= 11 is 0. The number of ether oxygens (including phenoxy) is 2. The maximum atomic E-state index is 10.7. The van der Waals surface area contributed by atoms with Crippen LogP contribution in [-0.4, -0.2) is 47.6 Å². The van der Waals surface area contributed by atoms with Crippen LogP contribution in [0.4, 0.5) is 0 Å². The third kappa shape index (κ3) is 9.42. The van der Waals surface area contributed by atoms with Gasteiger partial charge in [0, 0.05) is 0 Å². The first-order valence-corrected chi connectivity index (χ1v) is 4.14. The minimum Gasteiger partial charge on any atom is -0.460 e. The van der Waals surface area contributed by atoms with Crippen molar-refractivity contribution in [1.29, 1.82) is 0 Å². The number of esters is 2. The molecule has 6 heteroatoms. The molecule has 6 nitrogen and oxygen atoms in total. The van der Waals surface area contributed by atoms with Crippen molar-refractivity contribution >= 4 is 11.9 Å². The minimum absolute atomic E-state index is 0. The topological polar surface area (TPSA) is 93.1 Å². The first kappa shape index (κ1) is 20.3. The molecule has 0 aromatic rings. The summed E-state index contributed by atoms with van der Waals surface area (Å²) in [5.74, 6) is -1.56. The van der Waals surface area contributed by atoms with E-state index >= 15 is 0 Å². The zero-order valence-electron chi connectivity index (χ0n) is 8.10.